The van der Waals surface area contributed by atoms with Gasteiger partial charge in [-0.3, -0.25) is 25.0 Å². The largest absolute Gasteiger partial charge is 0.294 e. The molecule has 0 unspecified atom stereocenters. The van der Waals surface area contributed by atoms with Crippen molar-refractivity contribution in [2.75, 3.05) is 0 Å². The van der Waals surface area contributed by atoms with Crippen molar-refractivity contribution in [2.24, 2.45) is 4.99 Å². The van der Waals surface area contributed by atoms with Crippen LogP contribution < -0.4 is 5.56 Å². The number of H-pyrrole nitrogens is 1. The third kappa shape index (κ3) is 4.34. The van der Waals surface area contributed by atoms with Gasteiger partial charge in [0.15, 0.2) is 0 Å². The van der Waals surface area contributed by atoms with Crippen LogP contribution in [0.1, 0.15) is 44.0 Å². The van der Waals surface area contributed by atoms with Crippen molar-refractivity contribution in [3.8, 4) is 5.69 Å². The van der Waals surface area contributed by atoms with Crippen LogP contribution >= 0.6 is 0 Å². The van der Waals surface area contributed by atoms with Gasteiger partial charge in [0.2, 0.25) is 0 Å². The summed E-state index contributed by atoms with van der Waals surface area (Å²) >= 11 is 0. The number of aromatic nitrogens is 2. The van der Waals surface area contributed by atoms with Crippen molar-refractivity contribution in [2.45, 2.75) is 40.0 Å². The highest BCUT2D eigenvalue weighted by Gasteiger charge is 2.18. The minimum Gasteiger partial charge on any atom is -0.294 e. The van der Waals surface area contributed by atoms with Crippen molar-refractivity contribution in [3.63, 3.8) is 0 Å². The molecule has 0 fully saturated rings. The van der Waals surface area contributed by atoms with E-state index in [9.17, 15) is 14.9 Å². The Hall–Kier alpha value is -3.48. The molecule has 1 heterocycles. The van der Waals surface area contributed by atoms with Gasteiger partial charge in [-0.15, -0.1) is 0 Å². The fraction of sp³-hybridized carbons (Fsp3) is 0.273. The number of nitro groups is 1. The van der Waals surface area contributed by atoms with Gasteiger partial charge in [0.25, 0.3) is 11.2 Å². The first-order valence-corrected chi connectivity index (χ1v) is 9.67. The second-order valence-electron chi connectivity index (χ2n) is 6.85. The van der Waals surface area contributed by atoms with E-state index in [2.05, 4.69) is 17.0 Å². The molecule has 0 spiro atoms. The van der Waals surface area contributed by atoms with Gasteiger partial charge >= 0.3 is 0 Å². The van der Waals surface area contributed by atoms with E-state index in [1.165, 1.54) is 22.4 Å². The van der Waals surface area contributed by atoms with E-state index < -0.39 is 4.92 Å². The van der Waals surface area contributed by atoms with E-state index in [-0.39, 0.29) is 11.2 Å². The van der Waals surface area contributed by atoms with Gasteiger partial charge in [0.05, 0.1) is 27.6 Å². The monoisotopic (exact) mass is 392 g/mol. The topological polar surface area (TPSA) is 93.3 Å². The van der Waals surface area contributed by atoms with Crippen molar-refractivity contribution < 1.29 is 4.92 Å². The molecule has 0 atom stereocenters. The Balaban J connectivity index is 2.04. The first-order chi connectivity index (χ1) is 13.9. The minimum absolute atomic E-state index is 0.0179. The molecule has 7 heteroatoms. The summed E-state index contributed by atoms with van der Waals surface area (Å²) in [5.74, 6) is 0. The van der Waals surface area contributed by atoms with Gasteiger partial charge < -0.3 is 0 Å². The van der Waals surface area contributed by atoms with Crippen LogP contribution in [0.4, 0.5) is 11.4 Å². The van der Waals surface area contributed by atoms with Crippen LogP contribution in [0.5, 0.6) is 0 Å². The lowest BCUT2D eigenvalue weighted by Crippen LogP contribution is -2.19. The average molecular weight is 392 g/mol. The molecule has 0 radical (unpaired) electrons. The van der Waals surface area contributed by atoms with Gasteiger partial charge in [-0.05, 0) is 49.6 Å². The minimum atomic E-state index is -0.462. The highest BCUT2D eigenvalue weighted by Crippen LogP contribution is 2.18. The van der Waals surface area contributed by atoms with Crippen molar-refractivity contribution in [3.05, 3.63) is 85.8 Å². The Morgan fingerprint density at radius 2 is 1.76 bits per heavy atom. The second kappa shape index (κ2) is 8.68. The van der Waals surface area contributed by atoms with Crippen LogP contribution in [-0.4, -0.2) is 20.4 Å². The lowest BCUT2D eigenvalue weighted by molar-refractivity contribution is -0.384. The molecule has 0 saturated heterocycles. The van der Waals surface area contributed by atoms with Crippen LogP contribution in [0, 0.1) is 10.1 Å². The van der Waals surface area contributed by atoms with Crippen molar-refractivity contribution in [1.82, 2.24) is 9.78 Å². The molecule has 150 valence electrons. The van der Waals surface area contributed by atoms with Gasteiger partial charge in [-0.2, -0.15) is 0 Å². The molecule has 2 aromatic carbocycles. The van der Waals surface area contributed by atoms with Crippen LogP contribution in [0.25, 0.3) is 5.69 Å². The number of hydrogen-bond acceptors (Lipinski definition) is 4. The lowest BCUT2D eigenvalue weighted by atomic mass is 10.1. The Morgan fingerprint density at radius 1 is 1.10 bits per heavy atom. The van der Waals surface area contributed by atoms with Gasteiger partial charge in [-0.25, -0.2) is 4.68 Å². The normalized spacial score (nSPS) is 11.6. The zero-order valence-electron chi connectivity index (χ0n) is 16.8. The maximum atomic E-state index is 13.1. The van der Waals surface area contributed by atoms with Crippen molar-refractivity contribution in [1.29, 1.82) is 0 Å². The fourth-order valence-electron chi connectivity index (χ4n) is 3.25. The fourth-order valence-corrected chi connectivity index (χ4v) is 3.25. The van der Waals surface area contributed by atoms with Crippen LogP contribution in [0.2, 0.25) is 0 Å². The van der Waals surface area contributed by atoms with E-state index >= 15 is 0 Å². The van der Waals surface area contributed by atoms with Crippen LogP contribution in [0.3, 0.4) is 0 Å². The molecule has 0 amide bonds. The number of nitrogens with zero attached hydrogens (tertiary/aromatic N) is 3. The SMILES string of the molecule is CCCc1[nH]n(-c2ccc([N+](=O)[O-])cc2)c(=O)c1C(C)=Nc1ccc(CC)cc1. The maximum Gasteiger partial charge on any atom is 0.280 e. The predicted molar refractivity (Wildman–Crippen MR) is 115 cm³/mol. The zero-order valence-corrected chi connectivity index (χ0v) is 16.8. The second-order valence-corrected chi connectivity index (χ2v) is 6.85. The number of rotatable bonds is 7. The Kier molecular flexibility index (Phi) is 6.07. The summed E-state index contributed by atoms with van der Waals surface area (Å²) in [6, 6.07) is 13.9. The summed E-state index contributed by atoms with van der Waals surface area (Å²) in [7, 11) is 0. The quantitative estimate of drug-likeness (QED) is 0.358. The molecule has 0 bridgehead atoms. The number of benzene rings is 2. The molecular formula is C22H24N4O3. The number of non-ortho nitro benzene ring substituents is 1. The zero-order chi connectivity index (χ0) is 21.0. The van der Waals surface area contributed by atoms with Crippen molar-refractivity contribution >= 4 is 17.1 Å². The number of aliphatic imine (C=N–C) groups is 1. The van der Waals surface area contributed by atoms with E-state index in [4.69, 9.17) is 0 Å². The summed E-state index contributed by atoms with van der Waals surface area (Å²) < 4.78 is 1.42. The summed E-state index contributed by atoms with van der Waals surface area (Å²) in [6.45, 7) is 5.97. The average Bonchev–Trinajstić information content (AvgIpc) is 3.05. The molecular weight excluding hydrogens is 368 g/mol. The van der Waals surface area contributed by atoms with Crippen LogP contribution in [0.15, 0.2) is 58.3 Å². The Labute approximate surface area is 168 Å². The first-order valence-electron chi connectivity index (χ1n) is 9.67. The van der Waals surface area contributed by atoms with E-state index in [0.717, 1.165) is 24.2 Å². The molecule has 0 aliphatic carbocycles. The summed E-state index contributed by atoms with van der Waals surface area (Å²) in [5, 5.41) is 14.0. The molecule has 7 nitrogen and oxygen atoms in total. The molecule has 29 heavy (non-hydrogen) atoms. The number of nitro benzene ring substituents is 1. The van der Waals surface area contributed by atoms with E-state index in [1.807, 2.05) is 38.1 Å². The first kappa shape index (κ1) is 20.3. The van der Waals surface area contributed by atoms with E-state index in [0.29, 0.717) is 23.4 Å². The molecule has 0 saturated carbocycles. The molecule has 3 aromatic rings. The maximum absolute atomic E-state index is 13.1. The molecule has 1 aromatic heterocycles. The summed E-state index contributed by atoms with van der Waals surface area (Å²) in [6.07, 6.45) is 2.53. The third-order valence-electron chi connectivity index (χ3n) is 4.79. The summed E-state index contributed by atoms with van der Waals surface area (Å²) in [5.41, 5.74) is 4.33. The van der Waals surface area contributed by atoms with E-state index in [1.54, 1.807) is 12.1 Å². The third-order valence-corrected chi connectivity index (χ3v) is 4.79. The molecule has 0 aliphatic heterocycles. The van der Waals surface area contributed by atoms with Gasteiger partial charge in [0.1, 0.15) is 0 Å². The smallest absolute Gasteiger partial charge is 0.280 e. The number of aromatic amines is 1. The highest BCUT2D eigenvalue weighted by atomic mass is 16.6. The Bertz CT molecular complexity index is 1090. The number of nitrogens with one attached hydrogen (secondary N) is 1. The number of aryl methyl sites for hydroxylation is 2. The molecule has 3 rings (SSSR count). The van der Waals surface area contributed by atoms with Gasteiger partial charge in [-0.1, -0.05) is 32.4 Å². The van der Waals surface area contributed by atoms with Crippen LogP contribution in [-0.2, 0) is 12.8 Å². The molecule has 1 N–H and O–H groups in total. The molecule has 0 aliphatic rings. The Morgan fingerprint density at radius 3 is 2.31 bits per heavy atom. The van der Waals surface area contributed by atoms with Gasteiger partial charge in [0, 0.05) is 17.8 Å². The highest BCUT2D eigenvalue weighted by molar-refractivity contribution is 6.01. The number of hydrogen-bond donors (Lipinski definition) is 1. The predicted octanol–water partition coefficient (Wildman–Crippen LogP) is 4.73. The summed E-state index contributed by atoms with van der Waals surface area (Å²) in [4.78, 5) is 28.2. The standard InChI is InChI=1S/C22H24N4O3/c1-4-6-20-21(15(3)23-17-9-7-16(5-2)8-10-17)22(27)25(24-20)18-11-13-19(14-12-18)26(28)29/h7-14,24H,4-6H2,1-3H3. The lowest BCUT2D eigenvalue weighted by Gasteiger charge is -2.02.